The highest BCUT2D eigenvalue weighted by Crippen LogP contribution is 2.31. The first-order valence-corrected chi connectivity index (χ1v) is 5.24. The third kappa shape index (κ3) is 5.75. The Morgan fingerprint density at radius 1 is 1.50 bits per heavy atom. The van der Waals surface area contributed by atoms with Gasteiger partial charge in [0.1, 0.15) is 0 Å². The van der Waals surface area contributed by atoms with E-state index in [4.69, 9.17) is 9.47 Å². The van der Waals surface area contributed by atoms with Gasteiger partial charge in [0.25, 0.3) is 0 Å². The lowest BCUT2D eigenvalue weighted by Crippen LogP contribution is -2.00. The zero-order valence-corrected chi connectivity index (χ0v) is 8.70. The molecule has 3 heteroatoms. The van der Waals surface area contributed by atoms with Crippen LogP contribution in [0.2, 0.25) is 0 Å². The van der Waals surface area contributed by atoms with Gasteiger partial charge in [-0.2, -0.15) is 0 Å². The van der Waals surface area contributed by atoms with Crippen LogP contribution in [0.1, 0.15) is 26.2 Å². The van der Waals surface area contributed by atoms with Crippen molar-refractivity contribution in [2.75, 3.05) is 19.8 Å². The molecular formula is C11H18O3. The molecule has 0 aromatic heterocycles. The van der Waals surface area contributed by atoms with Crippen molar-refractivity contribution in [2.24, 2.45) is 5.92 Å². The molecule has 0 atom stereocenters. The van der Waals surface area contributed by atoms with Crippen molar-refractivity contribution >= 4 is 5.97 Å². The van der Waals surface area contributed by atoms with Crippen LogP contribution in [0.15, 0.2) is 12.2 Å². The van der Waals surface area contributed by atoms with Gasteiger partial charge in [-0.3, -0.25) is 0 Å². The van der Waals surface area contributed by atoms with Gasteiger partial charge in [0.2, 0.25) is 0 Å². The average molecular weight is 198 g/mol. The van der Waals surface area contributed by atoms with E-state index in [2.05, 4.69) is 0 Å². The van der Waals surface area contributed by atoms with E-state index >= 15 is 0 Å². The van der Waals surface area contributed by atoms with Crippen LogP contribution in [-0.4, -0.2) is 25.8 Å². The van der Waals surface area contributed by atoms with Crippen molar-refractivity contribution in [3.8, 4) is 0 Å². The number of rotatable bonds is 7. The van der Waals surface area contributed by atoms with Gasteiger partial charge < -0.3 is 9.47 Å². The second-order valence-corrected chi connectivity index (χ2v) is 3.46. The quantitative estimate of drug-likeness (QED) is 0.356. The van der Waals surface area contributed by atoms with Gasteiger partial charge in [-0.05, 0) is 19.3 Å². The van der Waals surface area contributed by atoms with Crippen molar-refractivity contribution in [1.29, 1.82) is 0 Å². The van der Waals surface area contributed by atoms with E-state index in [1.165, 1.54) is 18.9 Å². The van der Waals surface area contributed by atoms with E-state index in [0.29, 0.717) is 13.2 Å². The minimum Gasteiger partial charge on any atom is -0.463 e. The molecule has 0 bridgehead atoms. The van der Waals surface area contributed by atoms with Crippen molar-refractivity contribution in [2.45, 2.75) is 26.2 Å². The third-order valence-corrected chi connectivity index (χ3v) is 2.12. The zero-order chi connectivity index (χ0) is 10.2. The third-order valence-electron chi connectivity index (χ3n) is 2.12. The first kappa shape index (κ1) is 11.2. The smallest absolute Gasteiger partial charge is 0.330 e. The number of ether oxygens (including phenoxy) is 2. The molecule has 0 spiro atoms. The van der Waals surface area contributed by atoms with Gasteiger partial charge in [-0.15, -0.1) is 0 Å². The molecule has 0 N–H and O–H groups in total. The van der Waals surface area contributed by atoms with Crippen molar-refractivity contribution < 1.29 is 14.3 Å². The van der Waals surface area contributed by atoms with Gasteiger partial charge in [-0.1, -0.05) is 18.9 Å². The Morgan fingerprint density at radius 3 is 2.93 bits per heavy atom. The maximum atomic E-state index is 10.8. The molecule has 0 unspecified atom stereocenters. The zero-order valence-electron chi connectivity index (χ0n) is 8.70. The standard InChI is InChI=1S/C11H18O3/c1-2-14-11(12)4-3-8-13-9-7-10-5-6-10/h3-4,10H,2,5-9H2,1H3/b4-3+. The van der Waals surface area contributed by atoms with Crippen LogP contribution in [-0.2, 0) is 14.3 Å². The number of hydrogen-bond acceptors (Lipinski definition) is 3. The minimum absolute atomic E-state index is 0.293. The number of carbonyl (C=O) groups is 1. The summed E-state index contributed by atoms with van der Waals surface area (Å²) in [7, 11) is 0. The molecule has 1 saturated carbocycles. The predicted molar refractivity (Wildman–Crippen MR) is 53.9 cm³/mol. The SMILES string of the molecule is CCOC(=O)/C=C/COCCC1CC1. The normalized spacial score (nSPS) is 16.1. The molecule has 0 heterocycles. The van der Waals surface area contributed by atoms with E-state index in [-0.39, 0.29) is 5.97 Å². The molecule has 80 valence electrons. The molecule has 0 amide bonds. The van der Waals surface area contributed by atoms with Crippen LogP contribution in [0.3, 0.4) is 0 Å². The fourth-order valence-corrected chi connectivity index (χ4v) is 1.14. The molecule has 1 aliphatic carbocycles. The van der Waals surface area contributed by atoms with Crippen LogP contribution in [0.25, 0.3) is 0 Å². The second-order valence-electron chi connectivity index (χ2n) is 3.46. The highest BCUT2D eigenvalue weighted by Gasteiger charge is 2.20. The molecule has 3 nitrogen and oxygen atoms in total. The molecule has 0 aromatic carbocycles. The van der Waals surface area contributed by atoms with Crippen LogP contribution >= 0.6 is 0 Å². The van der Waals surface area contributed by atoms with Crippen molar-refractivity contribution in [3.05, 3.63) is 12.2 Å². The number of carbonyl (C=O) groups excluding carboxylic acids is 1. The Hall–Kier alpha value is -0.830. The molecule has 1 rings (SSSR count). The number of esters is 1. The number of hydrogen-bond donors (Lipinski definition) is 0. The first-order chi connectivity index (χ1) is 6.83. The highest BCUT2D eigenvalue weighted by atomic mass is 16.5. The lowest BCUT2D eigenvalue weighted by molar-refractivity contribution is -0.137. The molecule has 0 radical (unpaired) electrons. The largest absolute Gasteiger partial charge is 0.463 e. The van der Waals surface area contributed by atoms with E-state index in [9.17, 15) is 4.79 Å². The molecular weight excluding hydrogens is 180 g/mol. The molecule has 0 aromatic rings. The maximum Gasteiger partial charge on any atom is 0.330 e. The van der Waals surface area contributed by atoms with Gasteiger partial charge in [0.05, 0.1) is 13.2 Å². The summed E-state index contributed by atoms with van der Waals surface area (Å²) in [6.07, 6.45) is 7.00. The van der Waals surface area contributed by atoms with E-state index in [1.54, 1.807) is 13.0 Å². The van der Waals surface area contributed by atoms with Gasteiger partial charge in [0.15, 0.2) is 0 Å². The highest BCUT2D eigenvalue weighted by molar-refractivity contribution is 5.81. The molecule has 1 fully saturated rings. The molecule has 0 aliphatic heterocycles. The van der Waals surface area contributed by atoms with Crippen LogP contribution in [0, 0.1) is 5.92 Å². The summed E-state index contributed by atoms with van der Waals surface area (Å²) in [4.78, 5) is 10.8. The first-order valence-electron chi connectivity index (χ1n) is 5.24. The second kappa shape index (κ2) is 6.60. The fraction of sp³-hybridized carbons (Fsp3) is 0.727. The summed E-state index contributed by atoms with van der Waals surface area (Å²) < 4.78 is 10.0. The van der Waals surface area contributed by atoms with Gasteiger partial charge in [0, 0.05) is 12.7 Å². The summed E-state index contributed by atoms with van der Waals surface area (Å²) >= 11 is 0. The monoisotopic (exact) mass is 198 g/mol. The molecule has 14 heavy (non-hydrogen) atoms. The predicted octanol–water partition coefficient (Wildman–Crippen LogP) is 1.92. The lowest BCUT2D eigenvalue weighted by Gasteiger charge is -1.98. The van der Waals surface area contributed by atoms with Crippen LogP contribution in [0.4, 0.5) is 0 Å². The summed E-state index contributed by atoms with van der Waals surface area (Å²) in [6.45, 7) is 3.52. The molecule has 0 saturated heterocycles. The Morgan fingerprint density at radius 2 is 2.29 bits per heavy atom. The van der Waals surface area contributed by atoms with Crippen LogP contribution < -0.4 is 0 Å². The fourth-order valence-electron chi connectivity index (χ4n) is 1.14. The van der Waals surface area contributed by atoms with Gasteiger partial charge >= 0.3 is 5.97 Å². The lowest BCUT2D eigenvalue weighted by atomic mass is 10.3. The Balaban J connectivity index is 1.88. The Kier molecular flexibility index (Phi) is 5.30. The van der Waals surface area contributed by atoms with Gasteiger partial charge in [-0.25, -0.2) is 4.79 Å². The maximum absolute atomic E-state index is 10.8. The van der Waals surface area contributed by atoms with Crippen LogP contribution in [0.5, 0.6) is 0 Å². The van der Waals surface area contributed by atoms with E-state index in [1.807, 2.05) is 0 Å². The summed E-state index contributed by atoms with van der Waals surface area (Å²) in [5.41, 5.74) is 0. The average Bonchev–Trinajstić information content (AvgIpc) is 2.95. The van der Waals surface area contributed by atoms with Crippen molar-refractivity contribution in [1.82, 2.24) is 0 Å². The summed E-state index contributed by atoms with van der Waals surface area (Å²) in [6, 6.07) is 0. The Bertz CT molecular complexity index is 195. The summed E-state index contributed by atoms with van der Waals surface area (Å²) in [5.74, 6) is 0.613. The van der Waals surface area contributed by atoms with Crippen molar-refractivity contribution in [3.63, 3.8) is 0 Å². The topological polar surface area (TPSA) is 35.5 Å². The van der Waals surface area contributed by atoms with E-state index in [0.717, 1.165) is 18.9 Å². The minimum atomic E-state index is -0.293. The summed E-state index contributed by atoms with van der Waals surface area (Å²) in [5, 5.41) is 0. The van der Waals surface area contributed by atoms with E-state index < -0.39 is 0 Å². The molecule has 1 aliphatic rings. The Labute approximate surface area is 85.1 Å².